The molecule has 0 aromatic carbocycles. The van der Waals surface area contributed by atoms with E-state index in [0.29, 0.717) is 17.5 Å². The number of aromatic nitrogens is 1. The fraction of sp³-hybridized carbons (Fsp3) is 0.455. The van der Waals surface area contributed by atoms with Gasteiger partial charge in [-0.3, -0.25) is 0 Å². The Balaban J connectivity index is 2.20. The number of nitrogens with one attached hydrogen (secondary N) is 1. The molecule has 5 heteroatoms. The maximum absolute atomic E-state index is 10.8. The van der Waals surface area contributed by atoms with E-state index in [0.717, 1.165) is 6.42 Å². The number of carboxylic acids is 1. The Kier molecular flexibility index (Phi) is 2.26. The van der Waals surface area contributed by atoms with Gasteiger partial charge >= 0.3 is 5.97 Å². The normalized spacial score (nSPS) is 21.5. The van der Waals surface area contributed by atoms with E-state index in [1.807, 2.05) is 0 Å². The van der Waals surface area contributed by atoms with Gasteiger partial charge in [0.15, 0.2) is 5.69 Å². The molecule has 1 atom stereocenters. The van der Waals surface area contributed by atoms with Gasteiger partial charge in [0.25, 0.3) is 0 Å². The van der Waals surface area contributed by atoms with Crippen molar-refractivity contribution >= 4 is 17.5 Å². The predicted molar refractivity (Wildman–Crippen MR) is 61.4 cm³/mol. The van der Waals surface area contributed by atoms with Crippen LogP contribution in [-0.2, 0) is 0 Å². The number of nitrogen functional groups attached to an aromatic ring is 1. The summed E-state index contributed by atoms with van der Waals surface area (Å²) in [5.74, 6) is -0.575. The third kappa shape index (κ3) is 1.93. The van der Waals surface area contributed by atoms with Crippen LogP contribution in [0.2, 0.25) is 0 Å². The quantitative estimate of drug-likeness (QED) is 0.721. The van der Waals surface area contributed by atoms with E-state index < -0.39 is 5.97 Å². The first-order chi connectivity index (χ1) is 7.40. The van der Waals surface area contributed by atoms with E-state index in [9.17, 15) is 4.79 Å². The summed E-state index contributed by atoms with van der Waals surface area (Å²) >= 11 is 0. The second-order valence-corrected chi connectivity index (χ2v) is 4.83. The second kappa shape index (κ2) is 3.37. The molecule has 1 aliphatic carbocycles. The maximum Gasteiger partial charge on any atom is 0.354 e. The van der Waals surface area contributed by atoms with Crippen molar-refractivity contribution in [2.75, 3.05) is 11.1 Å². The minimum absolute atomic E-state index is 0.00940. The van der Waals surface area contributed by atoms with Crippen LogP contribution in [0.15, 0.2) is 12.1 Å². The van der Waals surface area contributed by atoms with Crippen LogP contribution in [0, 0.1) is 5.41 Å². The number of carboxylic acid groups (broad SMARTS) is 1. The summed E-state index contributed by atoms with van der Waals surface area (Å²) in [6, 6.07) is 3.29. The first kappa shape index (κ1) is 10.7. The van der Waals surface area contributed by atoms with Crippen molar-refractivity contribution < 1.29 is 9.90 Å². The monoisotopic (exact) mass is 221 g/mol. The van der Waals surface area contributed by atoms with Gasteiger partial charge in [0.1, 0.15) is 5.82 Å². The van der Waals surface area contributed by atoms with Gasteiger partial charge in [0.05, 0.1) is 5.69 Å². The van der Waals surface area contributed by atoms with Crippen LogP contribution < -0.4 is 11.1 Å². The summed E-state index contributed by atoms with van der Waals surface area (Å²) in [5.41, 5.74) is 6.47. The molecular weight excluding hydrogens is 206 g/mol. The molecule has 2 rings (SSSR count). The lowest BCUT2D eigenvalue weighted by atomic mass is 10.2. The summed E-state index contributed by atoms with van der Waals surface area (Å²) in [4.78, 5) is 14.7. The Morgan fingerprint density at radius 1 is 1.62 bits per heavy atom. The maximum atomic E-state index is 10.8. The fourth-order valence-electron chi connectivity index (χ4n) is 1.58. The number of nitrogens with zero attached hydrogens (tertiary/aromatic N) is 1. The van der Waals surface area contributed by atoms with Crippen molar-refractivity contribution in [3.05, 3.63) is 17.8 Å². The number of carbonyl (C=O) groups is 1. The van der Waals surface area contributed by atoms with Crippen LogP contribution in [0.25, 0.3) is 0 Å². The highest BCUT2D eigenvalue weighted by Gasteiger charge is 2.46. The van der Waals surface area contributed by atoms with Crippen LogP contribution in [0.1, 0.15) is 30.8 Å². The molecule has 1 aliphatic rings. The first-order valence-electron chi connectivity index (χ1n) is 5.16. The van der Waals surface area contributed by atoms with E-state index in [4.69, 9.17) is 10.8 Å². The van der Waals surface area contributed by atoms with Crippen molar-refractivity contribution in [1.82, 2.24) is 4.98 Å². The molecule has 0 bridgehead atoms. The van der Waals surface area contributed by atoms with Crippen molar-refractivity contribution in [1.29, 1.82) is 0 Å². The average Bonchev–Trinajstić information content (AvgIpc) is 2.77. The highest BCUT2D eigenvalue weighted by molar-refractivity contribution is 5.86. The first-order valence-corrected chi connectivity index (χ1v) is 5.16. The molecular formula is C11H15N3O2. The van der Waals surface area contributed by atoms with Gasteiger partial charge in [-0.2, -0.15) is 0 Å². The van der Waals surface area contributed by atoms with E-state index in [1.165, 1.54) is 6.07 Å². The third-order valence-corrected chi connectivity index (χ3v) is 2.97. The molecule has 1 aromatic rings. The van der Waals surface area contributed by atoms with Crippen LogP contribution in [0.3, 0.4) is 0 Å². The third-order valence-electron chi connectivity index (χ3n) is 2.97. The summed E-state index contributed by atoms with van der Waals surface area (Å²) in [6.07, 6.45) is 1.05. The molecule has 1 aromatic heterocycles. The Bertz CT molecular complexity index is 443. The Morgan fingerprint density at radius 2 is 2.25 bits per heavy atom. The van der Waals surface area contributed by atoms with Gasteiger partial charge in [0, 0.05) is 6.04 Å². The zero-order valence-corrected chi connectivity index (χ0v) is 9.32. The van der Waals surface area contributed by atoms with Crippen LogP contribution >= 0.6 is 0 Å². The van der Waals surface area contributed by atoms with Crippen molar-refractivity contribution in [2.45, 2.75) is 26.3 Å². The zero-order chi connectivity index (χ0) is 11.9. The van der Waals surface area contributed by atoms with Crippen LogP contribution in [-0.4, -0.2) is 22.1 Å². The number of hydrogen-bond acceptors (Lipinski definition) is 4. The molecule has 4 N–H and O–H groups in total. The number of hydrogen-bond donors (Lipinski definition) is 3. The lowest BCUT2D eigenvalue weighted by molar-refractivity contribution is 0.0690. The van der Waals surface area contributed by atoms with Crippen molar-refractivity contribution in [2.24, 2.45) is 5.41 Å². The number of nitrogens with two attached hydrogens (primary N) is 1. The topological polar surface area (TPSA) is 88.2 Å². The van der Waals surface area contributed by atoms with Crippen LogP contribution in [0.4, 0.5) is 11.5 Å². The van der Waals surface area contributed by atoms with Crippen molar-refractivity contribution in [3.63, 3.8) is 0 Å². The highest BCUT2D eigenvalue weighted by atomic mass is 16.4. The molecule has 0 saturated heterocycles. The smallest absolute Gasteiger partial charge is 0.354 e. The van der Waals surface area contributed by atoms with E-state index in [2.05, 4.69) is 24.1 Å². The molecule has 0 aliphatic heterocycles. The van der Waals surface area contributed by atoms with Crippen molar-refractivity contribution in [3.8, 4) is 0 Å². The molecule has 1 unspecified atom stereocenters. The van der Waals surface area contributed by atoms with E-state index in [-0.39, 0.29) is 11.1 Å². The van der Waals surface area contributed by atoms with Gasteiger partial charge < -0.3 is 16.2 Å². The lowest BCUT2D eigenvalue weighted by Crippen LogP contribution is -2.13. The Morgan fingerprint density at radius 3 is 2.75 bits per heavy atom. The predicted octanol–water partition coefficient (Wildman–Crippen LogP) is 1.57. The van der Waals surface area contributed by atoms with Gasteiger partial charge in [-0.15, -0.1) is 0 Å². The molecule has 16 heavy (non-hydrogen) atoms. The molecule has 0 amide bonds. The Labute approximate surface area is 93.7 Å². The van der Waals surface area contributed by atoms with Gasteiger partial charge in [-0.05, 0) is 24.0 Å². The molecule has 5 nitrogen and oxygen atoms in total. The largest absolute Gasteiger partial charge is 0.477 e. The second-order valence-electron chi connectivity index (χ2n) is 4.83. The zero-order valence-electron chi connectivity index (χ0n) is 9.32. The van der Waals surface area contributed by atoms with E-state index in [1.54, 1.807) is 6.07 Å². The number of anilines is 2. The standard InChI is InChI=1S/C11H15N3O2/c1-11(2)5-8(11)14-9-6(12)3-4-7(13-9)10(15)16/h3-4,8H,5,12H2,1-2H3,(H,13,14)(H,15,16). The van der Waals surface area contributed by atoms with Gasteiger partial charge in [-0.1, -0.05) is 13.8 Å². The minimum Gasteiger partial charge on any atom is -0.477 e. The van der Waals surface area contributed by atoms with E-state index >= 15 is 0 Å². The SMILES string of the molecule is CC1(C)CC1Nc1nc(C(=O)O)ccc1N. The van der Waals surface area contributed by atoms with Crippen LogP contribution in [0.5, 0.6) is 0 Å². The Hall–Kier alpha value is -1.78. The highest BCUT2D eigenvalue weighted by Crippen LogP contribution is 2.46. The molecule has 0 spiro atoms. The summed E-state index contributed by atoms with van der Waals surface area (Å²) < 4.78 is 0. The molecule has 0 radical (unpaired) electrons. The average molecular weight is 221 g/mol. The number of pyridine rings is 1. The molecule has 86 valence electrons. The van der Waals surface area contributed by atoms with Gasteiger partial charge in [0.2, 0.25) is 0 Å². The summed E-state index contributed by atoms with van der Waals surface area (Å²) in [7, 11) is 0. The summed E-state index contributed by atoms with van der Waals surface area (Å²) in [5, 5.41) is 12.0. The molecule has 1 saturated carbocycles. The molecule has 1 heterocycles. The fourth-order valence-corrected chi connectivity index (χ4v) is 1.58. The number of aromatic carboxylic acids is 1. The summed E-state index contributed by atoms with van der Waals surface area (Å²) in [6.45, 7) is 4.28. The molecule has 1 fully saturated rings. The number of rotatable bonds is 3. The lowest BCUT2D eigenvalue weighted by Gasteiger charge is -2.10. The van der Waals surface area contributed by atoms with Gasteiger partial charge in [-0.25, -0.2) is 9.78 Å². The minimum atomic E-state index is -1.04.